The summed E-state index contributed by atoms with van der Waals surface area (Å²) >= 11 is 1.15. The molecule has 0 fully saturated rings. The number of ether oxygens (including phenoxy) is 1. The lowest BCUT2D eigenvalue weighted by Crippen LogP contribution is -2.36. The van der Waals surface area contributed by atoms with E-state index in [0.717, 1.165) is 28.6 Å². The molecule has 1 aromatic carbocycles. The highest BCUT2D eigenvalue weighted by molar-refractivity contribution is 7.99. The molecule has 2 aromatic rings. The van der Waals surface area contributed by atoms with Crippen LogP contribution >= 0.6 is 11.8 Å². The monoisotopic (exact) mass is 375 g/mol. The van der Waals surface area contributed by atoms with E-state index >= 15 is 0 Å². The van der Waals surface area contributed by atoms with E-state index < -0.39 is 12.1 Å². The lowest BCUT2D eigenvalue weighted by Gasteiger charge is -2.12. The molecule has 26 heavy (non-hydrogen) atoms. The fraction of sp³-hybridized carbons (Fsp3) is 0.353. The van der Waals surface area contributed by atoms with Crippen LogP contribution in [-0.2, 0) is 14.3 Å². The Labute approximate surface area is 156 Å². The Bertz CT molecular complexity index is 805. The van der Waals surface area contributed by atoms with Crippen molar-refractivity contribution >= 4 is 23.6 Å². The zero-order valence-electron chi connectivity index (χ0n) is 14.9. The lowest BCUT2D eigenvalue weighted by atomic mass is 10.1. The Kier molecular flexibility index (Phi) is 6.90. The van der Waals surface area contributed by atoms with Crippen LogP contribution in [0, 0.1) is 13.8 Å². The van der Waals surface area contributed by atoms with E-state index in [1.165, 1.54) is 6.92 Å². The number of esters is 1. The van der Waals surface area contributed by atoms with Crippen molar-refractivity contribution in [2.75, 3.05) is 12.3 Å². The zero-order valence-corrected chi connectivity index (χ0v) is 15.7. The molecule has 1 aromatic heterocycles. The highest BCUT2D eigenvalue weighted by Gasteiger charge is 2.19. The van der Waals surface area contributed by atoms with Crippen LogP contribution in [-0.4, -0.2) is 50.5 Å². The SMILES string of the molecule is C=CCNC(=O)[C@@H](C)OC(=O)CSc1nnnn1-c1cc(C)ccc1C. The van der Waals surface area contributed by atoms with Crippen molar-refractivity contribution in [2.24, 2.45) is 0 Å². The van der Waals surface area contributed by atoms with Gasteiger partial charge in [0, 0.05) is 6.54 Å². The summed E-state index contributed by atoms with van der Waals surface area (Å²) in [6.07, 6.45) is 0.674. The number of aryl methyl sites for hydroxylation is 2. The second kappa shape index (κ2) is 9.14. The maximum atomic E-state index is 12.0. The maximum Gasteiger partial charge on any atom is 0.317 e. The third-order valence-corrected chi connectivity index (χ3v) is 4.34. The number of aromatic nitrogens is 4. The number of rotatable bonds is 8. The average Bonchev–Trinajstić information content (AvgIpc) is 3.08. The first-order valence-electron chi connectivity index (χ1n) is 7.99. The van der Waals surface area contributed by atoms with Crippen LogP contribution in [0.1, 0.15) is 18.1 Å². The van der Waals surface area contributed by atoms with Gasteiger partial charge in [-0.15, -0.1) is 11.7 Å². The molecule has 1 heterocycles. The van der Waals surface area contributed by atoms with Crippen molar-refractivity contribution in [3.8, 4) is 5.69 Å². The quantitative estimate of drug-likeness (QED) is 0.425. The van der Waals surface area contributed by atoms with Gasteiger partial charge in [-0.2, -0.15) is 4.68 Å². The maximum absolute atomic E-state index is 12.0. The van der Waals surface area contributed by atoms with E-state index in [9.17, 15) is 9.59 Å². The minimum absolute atomic E-state index is 0.00961. The molecule has 0 saturated carbocycles. The standard InChI is InChI=1S/C17H21N5O3S/c1-5-8-18-16(24)13(4)25-15(23)10-26-17-19-20-21-22(17)14-9-11(2)6-7-12(14)3/h5-7,9,13H,1,8,10H2,2-4H3,(H,18,24)/t13-/m1/s1. The van der Waals surface area contributed by atoms with Crippen LogP contribution in [0.4, 0.5) is 0 Å². The number of nitrogens with one attached hydrogen (secondary N) is 1. The van der Waals surface area contributed by atoms with Gasteiger partial charge in [-0.1, -0.05) is 30.0 Å². The summed E-state index contributed by atoms with van der Waals surface area (Å²) < 4.78 is 6.70. The van der Waals surface area contributed by atoms with E-state index in [-0.39, 0.29) is 11.7 Å². The van der Waals surface area contributed by atoms with Crippen molar-refractivity contribution in [1.82, 2.24) is 25.5 Å². The molecule has 138 valence electrons. The summed E-state index contributed by atoms with van der Waals surface area (Å²) in [5.41, 5.74) is 2.94. The molecule has 1 N–H and O–H groups in total. The van der Waals surface area contributed by atoms with Gasteiger partial charge in [0.1, 0.15) is 0 Å². The largest absolute Gasteiger partial charge is 0.452 e. The second-order valence-corrected chi connectivity index (χ2v) is 6.56. The van der Waals surface area contributed by atoms with Crippen LogP contribution < -0.4 is 5.32 Å². The van der Waals surface area contributed by atoms with E-state index in [2.05, 4.69) is 27.4 Å². The Morgan fingerprint density at radius 2 is 2.19 bits per heavy atom. The molecule has 0 bridgehead atoms. The number of thioether (sulfide) groups is 1. The fourth-order valence-electron chi connectivity index (χ4n) is 2.09. The van der Waals surface area contributed by atoms with Gasteiger partial charge in [-0.05, 0) is 48.4 Å². The summed E-state index contributed by atoms with van der Waals surface area (Å²) in [6.45, 7) is 9.29. The Balaban J connectivity index is 1.97. The smallest absolute Gasteiger partial charge is 0.317 e. The minimum atomic E-state index is -0.877. The van der Waals surface area contributed by atoms with Crippen molar-refractivity contribution in [3.63, 3.8) is 0 Å². The average molecular weight is 375 g/mol. The number of amides is 1. The molecule has 9 heteroatoms. The number of nitrogens with zero attached hydrogens (tertiary/aromatic N) is 4. The fourth-order valence-corrected chi connectivity index (χ4v) is 2.76. The molecule has 0 radical (unpaired) electrons. The molecule has 0 spiro atoms. The topological polar surface area (TPSA) is 99.0 Å². The lowest BCUT2D eigenvalue weighted by molar-refractivity contribution is -0.152. The number of benzene rings is 1. The number of carbonyl (C=O) groups is 2. The zero-order chi connectivity index (χ0) is 19.1. The summed E-state index contributed by atoms with van der Waals surface area (Å²) in [5, 5.41) is 14.7. The van der Waals surface area contributed by atoms with Gasteiger partial charge in [-0.25, -0.2) is 0 Å². The summed E-state index contributed by atoms with van der Waals surface area (Å²) in [5.74, 6) is -0.903. The normalized spacial score (nSPS) is 11.7. The molecule has 1 amide bonds. The Morgan fingerprint density at radius 1 is 1.42 bits per heavy atom. The van der Waals surface area contributed by atoms with Gasteiger partial charge in [0.15, 0.2) is 6.10 Å². The molecular formula is C17H21N5O3S. The summed E-state index contributed by atoms with van der Waals surface area (Å²) in [7, 11) is 0. The third kappa shape index (κ3) is 5.16. The second-order valence-electron chi connectivity index (χ2n) is 5.62. The molecule has 1 atom stereocenters. The van der Waals surface area contributed by atoms with Gasteiger partial charge in [0.2, 0.25) is 5.16 Å². The Hall–Kier alpha value is -2.68. The minimum Gasteiger partial charge on any atom is -0.452 e. The van der Waals surface area contributed by atoms with Crippen LogP contribution in [0.5, 0.6) is 0 Å². The first-order chi connectivity index (χ1) is 12.4. The van der Waals surface area contributed by atoms with Crippen molar-refractivity contribution in [1.29, 1.82) is 0 Å². The van der Waals surface area contributed by atoms with Crippen molar-refractivity contribution in [3.05, 3.63) is 42.0 Å². The number of hydrogen-bond donors (Lipinski definition) is 1. The Morgan fingerprint density at radius 3 is 2.92 bits per heavy atom. The number of hydrogen-bond acceptors (Lipinski definition) is 7. The molecule has 0 aliphatic carbocycles. The van der Waals surface area contributed by atoms with E-state index in [1.807, 2.05) is 32.0 Å². The first kappa shape index (κ1) is 19.6. The first-order valence-corrected chi connectivity index (χ1v) is 8.97. The molecule has 0 unspecified atom stereocenters. The van der Waals surface area contributed by atoms with Gasteiger partial charge < -0.3 is 10.1 Å². The summed E-state index contributed by atoms with van der Waals surface area (Å²) in [4.78, 5) is 23.7. The molecule has 2 rings (SSSR count). The van der Waals surface area contributed by atoms with Gasteiger partial charge in [-0.3, -0.25) is 9.59 Å². The van der Waals surface area contributed by atoms with Crippen LogP contribution in [0.15, 0.2) is 36.0 Å². The van der Waals surface area contributed by atoms with Crippen molar-refractivity contribution < 1.29 is 14.3 Å². The predicted octanol–water partition coefficient (Wildman–Crippen LogP) is 1.61. The predicted molar refractivity (Wildman–Crippen MR) is 98.1 cm³/mol. The van der Waals surface area contributed by atoms with Gasteiger partial charge in [0.05, 0.1) is 11.4 Å². The van der Waals surface area contributed by atoms with Crippen molar-refractivity contribution in [2.45, 2.75) is 32.0 Å². The molecule has 0 aliphatic rings. The molecule has 8 nitrogen and oxygen atoms in total. The van der Waals surface area contributed by atoms with E-state index in [1.54, 1.807) is 10.8 Å². The molecule has 0 saturated heterocycles. The number of carbonyl (C=O) groups excluding carboxylic acids is 2. The van der Waals surface area contributed by atoms with E-state index in [4.69, 9.17) is 4.74 Å². The molecular weight excluding hydrogens is 354 g/mol. The summed E-state index contributed by atoms with van der Waals surface area (Å²) in [6, 6.07) is 5.96. The van der Waals surface area contributed by atoms with Gasteiger partial charge in [0.25, 0.3) is 5.91 Å². The highest BCUT2D eigenvalue weighted by atomic mass is 32.2. The van der Waals surface area contributed by atoms with E-state index in [0.29, 0.717) is 11.7 Å². The number of tetrazole rings is 1. The highest BCUT2D eigenvalue weighted by Crippen LogP contribution is 2.21. The molecule has 0 aliphatic heterocycles. The van der Waals surface area contributed by atoms with Crippen LogP contribution in [0.25, 0.3) is 5.69 Å². The van der Waals surface area contributed by atoms with Gasteiger partial charge >= 0.3 is 5.97 Å². The van der Waals surface area contributed by atoms with Crippen LogP contribution in [0.2, 0.25) is 0 Å². The van der Waals surface area contributed by atoms with Crippen LogP contribution in [0.3, 0.4) is 0 Å². The third-order valence-electron chi connectivity index (χ3n) is 3.45.